The molecule has 3 heteroatoms. The van der Waals surface area contributed by atoms with Crippen LogP contribution in [0.2, 0.25) is 0 Å². The fourth-order valence-corrected chi connectivity index (χ4v) is 2.25. The number of benzene rings is 1. The number of hydrogen-bond donors (Lipinski definition) is 1. The molecule has 0 unspecified atom stereocenters. The van der Waals surface area contributed by atoms with Crippen LogP contribution in [-0.4, -0.2) is 17.5 Å². The summed E-state index contributed by atoms with van der Waals surface area (Å²) in [5.41, 5.74) is 3.01. The predicted octanol–water partition coefficient (Wildman–Crippen LogP) is 3.38. The van der Waals surface area contributed by atoms with Crippen LogP contribution in [-0.2, 0) is 6.42 Å². The molecule has 1 aliphatic rings. The third kappa shape index (κ3) is 2.60. The third-order valence-corrected chi connectivity index (χ3v) is 3.18. The maximum atomic E-state index is 8.90. The van der Waals surface area contributed by atoms with E-state index in [9.17, 15) is 0 Å². The Hall–Kier alpha value is -1.51. The number of unbranched alkanes of at least 4 members (excludes halogenated alkanes) is 2. The molecular weight excluding hydrogens is 214 g/mol. The van der Waals surface area contributed by atoms with Crippen LogP contribution >= 0.6 is 0 Å². The average molecular weight is 233 g/mol. The molecule has 0 aliphatic heterocycles. The van der Waals surface area contributed by atoms with E-state index in [2.05, 4.69) is 12.1 Å². The molecule has 0 spiro atoms. The van der Waals surface area contributed by atoms with Gasteiger partial charge in [0.25, 0.3) is 0 Å². The first-order valence-corrected chi connectivity index (χ1v) is 6.32. The van der Waals surface area contributed by atoms with Gasteiger partial charge in [-0.2, -0.15) is 0 Å². The summed E-state index contributed by atoms with van der Waals surface area (Å²) in [6, 6.07) is 5.96. The van der Waals surface area contributed by atoms with Crippen molar-refractivity contribution < 1.29 is 9.94 Å². The van der Waals surface area contributed by atoms with Crippen LogP contribution in [0.3, 0.4) is 0 Å². The van der Waals surface area contributed by atoms with Gasteiger partial charge in [0.05, 0.1) is 12.3 Å². The number of oxime groups is 1. The van der Waals surface area contributed by atoms with Crippen LogP contribution in [0.5, 0.6) is 5.75 Å². The molecule has 0 amide bonds. The summed E-state index contributed by atoms with van der Waals surface area (Å²) in [5, 5.41) is 12.2. The van der Waals surface area contributed by atoms with E-state index >= 15 is 0 Å². The van der Waals surface area contributed by atoms with Gasteiger partial charge in [-0.05, 0) is 25.3 Å². The molecule has 3 nitrogen and oxygen atoms in total. The topological polar surface area (TPSA) is 41.8 Å². The Morgan fingerprint density at radius 3 is 2.94 bits per heavy atom. The van der Waals surface area contributed by atoms with Gasteiger partial charge in [0.2, 0.25) is 0 Å². The lowest BCUT2D eigenvalue weighted by atomic mass is 10.1. The highest BCUT2D eigenvalue weighted by Gasteiger charge is 2.21. The maximum Gasteiger partial charge on any atom is 0.123 e. The number of hydrogen-bond acceptors (Lipinski definition) is 3. The van der Waals surface area contributed by atoms with E-state index in [0.717, 1.165) is 42.9 Å². The van der Waals surface area contributed by atoms with E-state index in [1.807, 2.05) is 18.2 Å². The van der Waals surface area contributed by atoms with Crippen molar-refractivity contribution in [1.29, 1.82) is 0 Å². The van der Waals surface area contributed by atoms with Crippen molar-refractivity contribution in [1.82, 2.24) is 0 Å². The van der Waals surface area contributed by atoms with Crippen LogP contribution in [0.4, 0.5) is 0 Å². The molecule has 17 heavy (non-hydrogen) atoms. The molecule has 0 saturated heterocycles. The summed E-state index contributed by atoms with van der Waals surface area (Å²) in [7, 11) is 0. The van der Waals surface area contributed by atoms with Gasteiger partial charge in [0.15, 0.2) is 0 Å². The molecule has 0 radical (unpaired) electrons. The van der Waals surface area contributed by atoms with Gasteiger partial charge in [-0.3, -0.25) is 0 Å². The molecule has 0 fully saturated rings. The van der Waals surface area contributed by atoms with Crippen LogP contribution in [0.15, 0.2) is 23.4 Å². The molecule has 0 bridgehead atoms. The zero-order chi connectivity index (χ0) is 12.1. The quantitative estimate of drug-likeness (QED) is 0.481. The molecular formula is C14H19NO2. The van der Waals surface area contributed by atoms with E-state index in [4.69, 9.17) is 9.94 Å². The van der Waals surface area contributed by atoms with Crippen molar-refractivity contribution >= 4 is 5.71 Å². The minimum atomic E-state index is 0.774. The second kappa shape index (κ2) is 5.71. The molecule has 1 aromatic rings. The Morgan fingerprint density at radius 1 is 1.29 bits per heavy atom. The minimum Gasteiger partial charge on any atom is -0.493 e. The van der Waals surface area contributed by atoms with Crippen LogP contribution < -0.4 is 4.74 Å². The van der Waals surface area contributed by atoms with Crippen molar-refractivity contribution in [2.75, 3.05) is 6.61 Å². The molecule has 0 aromatic heterocycles. The first-order valence-electron chi connectivity index (χ1n) is 6.32. The maximum absolute atomic E-state index is 8.90. The SMILES string of the molecule is CCCCCOc1cccc2c1CCC2=NO. The normalized spacial score (nSPS) is 16.2. The van der Waals surface area contributed by atoms with Gasteiger partial charge in [-0.1, -0.05) is 37.1 Å². The summed E-state index contributed by atoms with van der Waals surface area (Å²) in [5.74, 6) is 0.956. The lowest BCUT2D eigenvalue weighted by Crippen LogP contribution is -2.00. The van der Waals surface area contributed by atoms with E-state index in [1.165, 1.54) is 18.4 Å². The number of ether oxygens (including phenoxy) is 1. The fourth-order valence-electron chi connectivity index (χ4n) is 2.25. The average Bonchev–Trinajstić information content (AvgIpc) is 2.78. The molecule has 92 valence electrons. The molecule has 1 N–H and O–H groups in total. The van der Waals surface area contributed by atoms with Crippen molar-refractivity contribution in [3.05, 3.63) is 29.3 Å². The Bertz CT molecular complexity index is 413. The van der Waals surface area contributed by atoms with Gasteiger partial charge in [-0.25, -0.2) is 0 Å². The van der Waals surface area contributed by atoms with E-state index in [-0.39, 0.29) is 0 Å². The Labute approximate surface area is 102 Å². The van der Waals surface area contributed by atoms with Crippen molar-refractivity contribution in [2.45, 2.75) is 39.0 Å². The summed E-state index contributed by atoms with van der Waals surface area (Å²) >= 11 is 0. The molecule has 1 aliphatic carbocycles. The van der Waals surface area contributed by atoms with Crippen molar-refractivity contribution in [2.24, 2.45) is 5.16 Å². The van der Waals surface area contributed by atoms with Crippen LogP contribution in [0.1, 0.15) is 43.7 Å². The van der Waals surface area contributed by atoms with Gasteiger partial charge in [0, 0.05) is 11.1 Å². The Kier molecular flexibility index (Phi) is 4.02. The smallest absolute Gasteiger partial charge is 0.123 e. The number of nitrogens with zero attached hydrogens (tertiary/aromatic N) is 1. The molecule has 2 rings (SSSR count). The molecule has 0 heterocycles. The number of rotatable bonds is 5. The van der Waals surface area contributed by atoms with Gasteiger partial charge >= 0.3 is 0 Å². The monoisotopic (exact) mass is 233 g/mol. The van der Waals surface area contributed by atoms with Gasteiger partial charge < -0.3 is 9.94 Å². The number of fused-ring (bicyclic) bond motifs is 1. The third-order valence-electron chi connectivity index (χ3n) is 3.18. The van der Waals surface area contributed by atoms with Crippen molar-refractivity contribution in [3.8, 4) is 5.75 Å². The van der Waals surface area contributed by atoms with Crippen LogP contribution in [0.25, 0.3) is 0 Å². The minimum absolute atomic E-state index is 0.774. The summed E-state index contributed by atoms with van der Waals surface area (Å²) in [6.07, 6.45) is 5.23. The van der Waals surface area contributed by atoms with Crippen molar-refractivity contribution in [3.63, 3.8) is 0 Å². The van der Waals surface area contributed by atoms with Gasteiger partial charge in [0.1, 0.15) is 5.75 Å². The molecule has 1 aromatic carbocycles. The Morgan fingerprint density at radius 2 is 2.18 bits per heavy atom. The zero-order valence-corrected chi connectivity index (χ0v) is 10.3. The zero-order valence-electron chi connectivity index (χ0n) is 10.3. The second-order valence-corrected chi connectivity index (χ2v) is 4.38. The lowest BCUT2D eigenvalue weighted by Gasteiger charge is -2.10. The lowest BCUT2D eigenvalue weighted by molar-refractivity contribution is 0.303. The van der Waals surface area contributed by atoms with E-state index in [0.29, 0.717) is 0 Å². The van der Waals surface area contributed by atoms with Gasteiger partial charge in [-0.15, -0.1) is 0 Å². The highest BCUT2D eigenvalue weighted by Crippen LogP contribution is 2.31. The standard InChI is InChI=1S/C14H19NO2/c1-2-3-4-10-17-14-7-5-6-11-12(14)8-9-13(11)15-16/h5-7,16H,2-4,8-10H2,1H3. The highest BCUT2D eigenvalue weighted by molar-refractivity contribution is 6.04. The molecule has 0 atom stereocenters. The first-order chi connectivity index (χ1) is 8.36. The summed E-state index contributed by atoms with van der Waals surface area (Å²) in [4.78, 5) is 0. The largest absolute Gasteiger partial charge is 0.493 e. The second-order valence-electron chi connectivity index (χ2n) is 4.38. The first kappa shape index (κ1) is 12.0. The van der Waals surface area contributed by atoms with E-state index in [1.54, 1.807) is 0 Å². The predicted molar refractivity (Wildman–Crippen MR) is 68.1 cm³/mol. The summed E-state index contributed by atoms with van der Waals surface area (Å²) in [6.45, 7) is 2.96. The highest BCUT2D eigenvalue weighted by atomic mass is 16.5. The fraction of sp³-hybridized carbons (Fsp3) is 0.500. The molecule has 0 saturated carbocycles. The van der Waals surface area contributed by atoms with Crippen LogP contribution in [0, 0.1) is 0 Å². The summed E-state index contributed by atoms with van der Waals surface area (Å²) < 4.78 is 5.81. The Balaban J connectivity index is 2.07. The van der Waals surface area contributed by atoms with E-state index < -0.39 is 0 Å².